The molecule has 2 heteroatoms. The Bertz CT molecular complexity index is 1310. The number of hydrogen-bond donors (Lipinski definition) is 0. The summed E-state index contributed by atoms with van der Waals surface area (Å²) < 4.78 is 0. The predicted octanol–water partition coefficient (Wildman–Crippen LogP) is 5.58. The van der Waals surface area contributed by atoms with Crippen molar-refractivity contribution in [2.24, 2.45) is 0 Å². The molecule has 0 aliphatic carbocycles. The van der Waals surface area contributed by atoms with Crippen molar-refractivity contribution in [3.05, 3.63) is 120 Å². The highest BCUT2D eigenvalue weighted by atomic mass is 14.6. The van der Waals surface area contributed by atoms with Gasteiger partial charge in [0, 0.05) is 47.0 Å². The number of benzene rings is 3. The average molecular weight is 380 g/mol. The third-order valence-corrected chi connectivity index (χ3v) is 4.92. The second-order valence-electron chi connectivity index (χ2n) is 6.82. The van der Waals surface area contributed by atoms with Crippen molar-refractivity contribution in [2.45, 2.75) is 0 Å². The fraction of sp³-hybridized carbons (Fsp3) is 0. The zero-order chi connectivity index (χ0) is 20.2. The summed E-state index contributed by atoms with van der Waals surface area (Å²) in [5.41, 5.74) is 3.81. The maximum absolute atomic E-state index is 4.16. The molecule has 138 valence electrons. The minimum atomic E-state index is 0.895. The third kappa shape index (κ3) is 3.39. The molecule has 0 saturated carbocycles. The van der Waals surface area contributed by atoms with Gasteiger partial charge < -0.3 is 0 Å². The molecule has 5 rings (SSSR count). The molecule has 5 aromatic rings. The summed E-state index contributed by atoms with van der Waals surface area (Å²) in [6.07, 6.45) is 7.08. The van der Waals surface area contributed by atoms with Crippen molar-refractivity contribution in [1.29, 1.82) is 0 Å². The Labute approximate surface area is 175 Å². The van der Waals surface area contributed by atoms with Crippen LogP contribution in [0.4, 0.5) is 0 Å². The van der Waals surface area contributed by atoms with Crippen LogP contribution < -0.4 is 0 Å². The number of fused-ring (bicyclic) bond motifs is 2. The van der Waals surface area contributed by atoms with Gasteiger partial charge in [-0.1, -0.05) is 72.2 Å². The van der Waals surface area contributed by atoms with Crippen LogP contribution in [0.1, 0.15) is 22.3 Å². The molecule has 0 amide bonds. The Morgan fingerprint density at radius 3 is 1.17 bits per heavy atom. The van der Waals surface area contributed by atoms with Crippen LogP contribution in [0.25, 0.3) is 21.5 Å². The van der Waals surface area contributed by atoms with Gasteiger partial charge in [-0.25, -0.2) is 0 Å². The molecule has 2 heterocycles. The summed E-state index contributed by atoms with van der Waals surface area (Å²) in [6, 6.07) is 24.4. The van der Waals surface area contributed by atoms with E-state index < -0.39 is 0 Å². The maximum Gasteiger partial charge on any atom is 0.0432 e. The van der Waals surface area contributed by atoms with E-state index >= 15 is 0 Å². The maximum atomic E-state index is 4.16. The Kier molecular flexibility index (Phi) is 4.67. The molecule has 0 spiro atoms. The molecule has 0 aliphatic rings. The quantitative estimate of drug-likeness (QED) is 0.259. The van der Waals surface area contributed by atoms with Crippen LogP contribution in [0, 0.1) is 23.7 Å². The van der Waals surface area contributed by atoms with Crippen molar-refractivity contribution in [1.82, 2.24) is 9.97 Å². The fourth-order valence-corrected chi connectivity index (χ4v) is 3.54. The number of rotatable bonds is 0. The van der Waals surface area contributed by atoms with Gasteiger partial charge >= 0.3 is 0 Å². The molecular weight excluding hydrogens is 364 g/mol. The van der Waals surface area contributed by atoms with Crippen molar-refractivity contribution in [3.63, 3.8) is 0 Å². The summed E-state index contributed by atoms with van der Waals surface area (Å²) in [5.74, 6) is 13.3. The first-order chi connectivity index (χ1) is 14.9. The first-order valence-electron chi connectivity index (χ1n) is 9.68. The summed E-state index contributed by atoms with van der Waals surface area (Å²) in [5, 5.41) is 4.40. The normalized spacial score (nSPS) is 10.1. The standard InChI is InChI=1S/C28H16N2/c1-2-10-24-23(9-1)27(15-13-21-7-5-17-29-19-21)25-11-3-4-12-26(25)28(24)16-14-22-8-6-18-30-20-22/h1-12,17-20H. The molecule has 0 saturated heterocycles. The lowest BCUT2D eigenvalue weighted by Crippen LogP contribution is -1.90. The van der Waals surface area contributed by atoms with Gasteiger partial charge in [-0.3, -0.25) is 9.97 Å². The first kappa shape index (κ1) is 17.7. The highest BCUT2D eigenvalue weighted by molar-refractivity contribution is 6.09. The van der Waals surface area contributed by atoms with Crippen molar-refractivity contribution < 1.29 is 0 Å². The molecule has 0 fully saturated rings. The van der Waals surface area contributed by atoms with Gasteiger partial charge in [0.1, 0.15) is 0 Å². The Morgan fingerprint density at radius 1 is 0.433 bits per heavy atom. The fourth-order valence-electron chi connectivity index (χ4n) is 3.54. The largest absolute Gasteiger partial charge is 0.263 e. The van der Waals surface area contributed by atoms with Gasteiger partial charge in [-0.2, -0.15) is 0 Å². The zero-order valence-electron chi connectivity index (χ0n) is 16.1. The number of hydrogen-bond acceptors (Lipinski definition) is 2. The molecule has 2 nitrogen and oxygen atoms in total. The topological polar surface area (TPSA) is 25.8 Å². The Balaban J connectivity index is 1.79. The van der Waals surface area contributed by atoms with E-state index in [0.717, 1.165) is 43.8 Å². The predicted molar refractivity (Wildman–Crippen MR) is 122 cm³/mol. The lowest BCUT2D eigenvalue weighted by atomic mass is 9.92. The monoisotopic (exact) mass is 380 g/mol. The highest BCUT2D eigenvalue weighted by Crippen LogP contribution is 2.32. The van der Waals surface area contributed by atoms with Crippen molar-refractivity contribution in [2.75, 3.05) is 0 Å². The van der Waals surface area contributed by atoms with E-state index in [1.165, 1.54) is 0 Å². The van der Waals surface area contributed by atoms with E-state index in [0.29, 0.717) is 0 Å². The Morgan fingerprint density at radius 2 is 0.833 bits per heavy atom. The number of aromatic nitrogens is 2. The zero-order valence-corrected chi connectivity index (χ0v) is 16.1. The Hall–Kier alpha value is -4.40. The van der Waals surface area contributed by atoms with Crippen molar-refractivity contribution >= 4 is 21.5 Å². The van der Waals surface area contributed by atoms with E-state index in [1.54, 1.807) is 24.8 Å². The molecule has 0 unspecified atom stereocenters. The smallest absolute Gasteiger partial charge is 0.0432 e. The van der Waals surface area contributed by atoms with Crippen LogP contribution in [-0.2, 0) is 0 Å². The van der Waals surface area contributed by atoms with Gasteiger partial charge in [0.15, 0.2) is 0 Å². The molecule has 0 N–H and O–H groups in total. The molecule has 0 atom stereocenters. The molecule has 0 aliphatic heterocycles. The van der Waals surface area contributed by atoms with E-state index in [9.17, 15) is 0 Å². The van der Waals surface area contributed by atoms with Crippen molar-refractivity contribution in [3.8, 4) is 23.7 Å². The lowest BCUT2D eigenvalue weighted by molar-refractivity contribution is 1.31. The summed E-state index contributed by atoms with van der Waals surface area (Å²) >= 11 is 0. The summed E-state index contributed by atoms with van der Waals surface area (Å²) in [6.45, 7) is 0. The van der Waals surface area contributed by atoms with E-state index in [1.807, 2.05) is 48.5 Å². The van der Waals surface area contributed by atoms with E-state index in [-0.39, 0.29) is 0 Å². The first-order valence-corrected chi connectivity index (χ1v) is 9.68. The van der Waals surface area contributed by atoms with E-state index in [4.69, 9.17) is 0 Å². The highest BCUT2D eigenvalue weighted by Gasteiger charge is 2.11. The van der Waals surface area contributed by atoms with Gasteiger partial charge in [0.05, 0.1) is 0 Å². The number of nitrogens with zero attached hydrogens (tertiary/aromatic N) is 2. The molecule has 0 radical (unpaired) electrons. The summed E-state index contributed by atoms with van der Waals surface area (Å²) in [7, 11) is 0. The molecule has 3 aromatic carbocycles. The van der Waals surface area contributed by atoms with Gasteiger partial charge in [-0.15, -0.1) is 0 Å². The van der Waals surface area contributed by atoms with Crippen LogP contribution in [-0.4, -0.2) is 9.97 Å². The van der Waals surface area contributed by atoms with Gasteiger partial charge in [0.25, 0.3) is 0 Å². The summed E-state index contributed by atoms with van der Waals surface area (Å²) in [4.78, 5) is 8.33. The molecule has 2 aromatic heterocycles. The van der Waals surface area contributed by atoms with Gasteiger partial charge in [-0.05, 0) is 45.8 Å². The average Bonchev–Trinajstić information content (AvgIpc) is 2.82. The lowest BCUT2D eigenvalue weighted by Gasteiger charge is -2.10. The molecule has 0 bridgehead atoms. The van der Waals surface area contributed by atoms with E-state index in [2.05, 4.69) is 57.9 Å². The molecule has 30 heavy (non-hydrogen) atoms. The number of pyridine rings is 2. The van der Waals surface area contributed by atoms with Crippen LogP contribution in [0.15, 0.2) is 97.6 Å². The second-order valence-corrected chi connectivity index (χ2v) is 6.82. The van der Waals surface area contributed by atoms with Crippen LogP contribution in [0.2, 0.25) is 0 Å². The van der Waals surface area contributed by atoms with Crippen LogP contribution in [0.3, 0.4) is 0 Å². The van der Waals surface area contributed by atoms with Gasteiger partial charge in [0.2, 0.25) is 0 Å². The SMILES string of the molecule is C(#Cc1c2ccccc2c(C#Cc2cccnc2)c2ccccc12)c1cccnc1. The minimum Gasteiger partial charge on any atom is -0.263 e. The van der Waals surface area contributed by atoms with Crippen LogP contribution in [0.5, 0.6) is 0 Å². The second kappa shape index (κ2) is 7.92. The third-order valence-electron chi connectivity index (χ3n) is 4.92. The minimum absolute atomic E-state index is 0.895. The van der Waals surface area contributed by atoms with Crippen LogP contribution >= 0.6 is 0 Å². The molecular formula is C28H16N2.